The van der Waals surface area contributed by atoms with Crippen molar-refractivity contribution in [1.82, 2.24) is 4.57 Å². The van der Waals surface area contributed by atoms with E-state index in [4.69, 9.17) is 11.6 Å². The smallest absolute Gasteiger partial charge is 0.199 e. The number of aromatic nitrogens is 1. The molecule has 4 rings (SSSR count). The Labute approximate surface area is 131 Å². The maximum atomic E-state index is 10.4. The average molecular weight is 310 g/mol. The number of nitrogens with zero attached hydrogens (tertiary/aromatic N) is 3. The van der Waals surface area contributed by atoms with E-state index in [0.717, 1.165) is 21.6 Å². The number of aromatic hydroxyl groups is 1. The van der Waals surface area contributed by atoms with Gasteiger partial charge in [0.25, 0.3) is 0 Å². The van der Waals surface area contributed by atoms with Crippen molar-refractivity contribution < 1.29 is 5.11 Å². The lowest BCUT2D eigenvalue weighted by atomic mass is 10.1. The summed E-state index contributed by atoms with van der Waals surface area (Å²) in [7, 11) is 1.81. The van der Waals surface area contributed by atoms with Gasteiger partial charge in [-0.15, -0.1) is 0 Å². The summed E-state index contributed by atoms with van der Waals surface area (Å²) in [6, 6.07) is 13.2. The first-order valence-electron chi connectivity index (χ1n) is 6.84. The summed E-state index contributed by atoms with van der Waals surface area (Å²) in [5.41, 5.74) is 1.58. The summed E-state index contributed by atoms with van der Waals surface area (Å²) in [5, 5.41) is 13.6. The number of hydrogen-bond acceptors (Lipinski definition) is 3. The van der Waals surface area contributed by atoms with Crippen LogP contribution in [0.15, 0.2) is 58.3 Å². The molecule has 0 unspecified atom stereocenters. The highest BCUT2D eigenvalue weighted by atomic mass is 35.5. The molecule has 2 aromatic carbocycles. The minimum Gasteiger partial charge on any atom is -0.494 e. The van der Waals surface area contributed by atoms with Crippen molar-refractivity contribution in [2.45, 2.75) is 0 Å². The number of para-hydroxylation sites is 2. The molecule has 5 heteroatoms. The van der Waals surface area contributed by atoms with Crippen LogP contribution >= 0.6 is 11.6 Å². The lowest BCUT2D eigenvalue weighted by molar-refractivity contribution is 0.434. The molecule has 108 valence electrons. The van der Waals surface area contributed by atoms with E-state index in [1.807, 2.05) is 43.4 Å². The molecule has 4 nitrogen and oxygen atoms in total. The molecule has 22 heavy (non-hydrogen) atoms. The number of aryl methyl sites for hydroxylation is 1. The van der Waals surface area contributed by atoms with Crippen molar-refractivity contribution in [2.24, 2.45) is 17.0 Å². The molecular formula is C17H12ClN3O. The van der Waals surface area contributed by atoms with Gasteiger partial charge in [-0.1, -0.05) is 23.7 Å². The third-order valence-corrected chi connectivity index (χ3v) is 4.03. The number of halogens is 1. The highest BCUT2D eigenvalue weighted by Gasteiger charge is 2.14. The second-order valence-electron chi connectivity index (χ2n) is 5.17. The number of rotatable bonds is 1. The Bertz CT molecular complexity index is 1030. The van der Waals surface area contributed by atoms with Crippen molar-refractivity contribution in [2.75, 3.05) is 0 Å². The SMILES string of the molecule is Cn1c(O)c(C=C2N=c3ccccc3=N2)c2cc(Cl)ccc21. The van der Waals surface area contributed by atoms with Gasteiger partial charge in [0.1, 0.15) is 0 Å². The first-order valence-corrected chi connectivity index (χ1v) is 7.22. The molecule has 2 heterocycles. The Morgan fingerprint density at radius 2 is 1.77 bits per heavy atom. The molecule has 1 aliphatic heterocycles. The number of hydrogen-bond donors (Lipinski definition) is 1. The summed E-state index contributed by atoms with van der Waals surface area (Å²) < 4.78 is 1.72. The zero-order chi connectivity index (χ0) is 15.3. The van der Waals surface area contributed by atoms with Crippen molar-refractivity contribution in [1.29, 1.82) is 0 Å². The van der Waals surface area contributed by atoms with E-state index in [9.17, 15) is 5.11 Å². The lowest BCUT2D eigenvalue weighted by Gasteiger charge is -1.96. The van der Waals surface area contributed by atoms with E-state index >= 15 is 0 Å². The summed E-state index contributed by atoms with van der Waals surface area (Å²) in [6.45, 7) is 0. The Kier molecular flexibility index (Phi) is 2.81. The molecule has 0 saturated heterocycles. The summed E-state index contributed by atoms with van der Waals surface area (Å²) >= 11 is 6.08. The highest BCUT2D eigenvalue weighted by molar-refractivity contribution is 6.31. The minimum atomic E-state index is 0.172. The van der Waals surface area contributed by atoms with Gasteiger partial charge < -0.3 is 9.67 Å². The van der Waals surface area contributed by atoms with Gasteiger partial charge in [0, 0.05) is 23.0 Å². The molecule has 0 saturated carbocycles. The second kappa shape index (κ2) is 4.71. The van der Waals surface area contributed by atoms with Crippen LogP contribution in [0.2, 0.25) is 5.02 Å². The summed E-state index contributed by atoms with van der Waals surface area (Å²) in [4.78, 5) is 8.94. The van der Waals surface area contributed by atoms with E-state index in [1.54, 1.807) is 16.7 Å². The first-order chi connectivity index (χ1) is 10.6. The van der Waals surface area contributed by atoms with Crippen LogP contribution < -0.4 is 10.7 Å². The van der Waals surface area contributed by atoms with E-state index < -0.39 is 0 Å². The largest absolute Gasteiger partial charge is 0.494 e. The Morgan fingerprint density at radius 3 is 2.45 bits per heavy atom. The number of fused-ring (bicyclic) bond motifs is 2. The van der Waals surface area contributed by atoms with Gasteiger partial charge >= 0.3 is 0 Å². The molecule has 1 aliphatic rings. The standard InChI is InChI=1S/C17H12ClN3O/c1-21-15-7-6-10(18)8-11(15)12(17(21)22)9-16-19-13-4-2-3-5-14(13)20-16/h2-9,22H,1H3. The lowest BCUT2D eigenvalue weighted by Crippen LogP contribution is -2.19. The van der Waals surface area contributed by atoms with Crippen LogP contribution in [0.4, 0.5) is 0 Å². The zero-order valence-corrected chi connectivity index (χ0v) is 12.5. The van der Waals surface area contributed by atoms with E-state index in [1.165, 1.54) is 0 Å². The van der Waals surface area contributed by atoms with Crippen LogP contribution in [0.1, 0.15) is 5.56 Å². The van der Waals surface area contributed by atoms with Gasteiger partial charge in [-0.05, 0) is 36.4 Å². The van der Waals surface area contributed by atoms with Gasteiger partial charge in [0.2, 0.25) is 0 Å². The van der Waals surface area contributed by atoms with Crippen molar-refractivity contribution >= 4 is 28.6 Å². The van der Waals surface area contributed by atoms with Crippen LogP contribution in [0, 0.1) is 0 Å². The zero-order valence-electron chi connectivity index (χ0n) is 11.8. The minimum absolute atomic E-state index is 0.172. The molecule has 0 bridgehead atoms. The molecule has 3 aromatic rings. The quantitative estimate of drug-likeness (QED) is 0.738. The summed E-state index contributed by atoms with van der Waals surface area (Å²) in [5.74, 6) is 0.745. The predicted octanol–water partition coefficient (Wildman–Crippen LogP) is 2.79. The van der Waals surface area contributed by atoms with Crippen molar-refractivity contribution in [3.63, 3.8) is 0 Å². The molecule has 1 aromatic heterocycles. The van der Waals surface area contributed by atoms with E-state index in [-0.39, 0.29) is 5.88 Å². The Hall–Kier alpha value is -2.59. The third-order valence-electron chi connectivity index (χ3n) is 3.79. The molecule has 0 atom stereocenters. The molecular weight excluding hydrogens is 298 g/mol. The van der Waals surface area contributed by atoms with Gasteiger partial charge in [-0.25, -0.2) is 9.98 Å². The molecule has 0 aliphatic carbocycles. The molecule has 0 fully saturated rings. The normalized spacial score (nSPS) is 12.9. The fourth-order valence-electron chi connectivity index (χ4n) is 2.69. The van der Waals surface area contributed by atoms with Crippen LogP contribution in [0.5, 0.6) is 5.88 Å². The molecule has 0 radical (unpaired) electrons. The fraction of sp³-hybridized carbons (Fsp3) is 0.0588. The number of benzene rings is 2. The maximum absolute atomic E-state index is 10.4. The molecule has 0 spiro atoms. The average Bonchev–Trinajstić information content (AvgIpc) is 3.02. The maximum Gasteiger partial charge on any atom is 0.199 e. The third kappa shape index (κ3) is 1.92. The van der Waals surface area contributed by atoms with Gasteiger partial charge in [0.05, 0.1) is 16.2 Å². The van der Waals surface area contributed by atoms with Crippen LogP contribution in [-0.2, 0) is 7.05 Å². The highest BCUT2D eigenvalue weighted by Crippen LogP contribution is 2.34. The van der Waals surface area contributed by atoms with Gasteiger partial charge in [-0.2, -0.15) is 0 Å². The van der Waals surface area contributed by atoms with E-state index in [0.29, 0.717) is 16.4 Å². The van der Waals surface area contributed by atoms with Crippen LogP contribution in [0.25, 0.3) is 17.0 Å². The Morgan fingerprint density at radius 1 is 1.09 bits per heavy atom. The summed E-state index contributed by atoms with van der Waals surface area (Å²) in [6.07, 6.45) is 1.79. The van der Waals surface area contributed by atoms with E-state index in [2.05, 4.69) is 9.98 Å². The Balaban J connectivity index is 1.96. The fourth-order valence-corrected chi connectivity index (χ4v) is 2.86. The van der Waals surface area contributed by atoms with Crippen molar-refractivity contribution in [3.05, 3.63) is 69.6 Å². The van der Waals surface area contributed by atoms with Gasteiger partial charge in [0.15, 0.2) is 11.7 Å². The predicted molar refractivity (Wildman–Crippen MR) is 86.3 cm³/mol. The second-order valence-corrected chi connectivity index (χ2v) is 5.61. The monoisotopic (exact) mass is 309 g/mol. The van der Waals surface area contributed by atoms with Gasteiger partial charge in [-0.3, -0.25) is 0 Å². The first kappa shape index (κ1) is 13.1. The molecule has 0 amide bonds. The van der Waals surface area contributed by atoms with Crippen molar-refractivity contribution in [3.8, 4) is 5.88 Å². The van der Waals surface area contributed by atoms with Crippen LogP contribution in [0.3, 0.4) is 0 Å². The van der Waals surface area contributed by atoms with Crippen LogP contribution in [-0.4, -0.2) is 9.67 Å². The topological polar surface area (TPSA) is 49.9 Å². The molecule has 1 N–H and O–H groups in total.